The summed E-state index contributed by atoms with van der Waals surface area (Å²) in [5.41, 5.74) is 2.45. The summed E-state index contributed by atoms with van der Waals surface area (Å²) in [5, 5.41) is 5.82. The first-order chi connectivity index (χ1) is 10.1. The molecule has 1 aliphatic heterocycles. The topological polar surface area (TPSA) is 67.4 Å². The van der Waals surface area contributed by atoms with Gasteiger partial charge in [0.1, 0.15) is 0 Å². The molecule has 0 saturated heterocycles. The van der Waals surface area contributed by atoms with Crippen LogP contribution in [0.4, 0.5) is 5.69 Å². The molecular formula is C16H22N2O3. The lowest BCUT2D eigenvalue weighted by Gasteiger charge is -2.19. The fourth-order valence-corrected chi connectivity index (χ4v) is 2.54. The number of ether oxygens (including phenoxy) is 1. The van der Waals surface area contributed by atoms with Gasteiger partial charge in [-0.2, -0.15) is 0 Å². The van der Waals surface area contributed by atoms with Crippen LogP contribution in [-0.4, -0.2) is 31.6 Å². The fraction of sp³-hybridized carbons (Fsp3) is 0.500. The van der Waals surface area contributed by atoms with E-state index in [9.17, 15) is 9.59 Å². The Labute approximate surface area is 125 Å². The lowest BCUT2D eigenvalue weighted by atomic mass is 10.00. The summed E-state index contributed by atoms with van der Waals surface area (Å²) >= 11 is 0. The molecule has 2 amide bonds. The third kappa shape index (κ3) is 4.04. The highest BCUT2D eigenvalue weighted by molar-refractivity contribution is 5.98. The number of hydrogen-bond acceptors (Lipinski definition) is 3. The first-order valence-corrected chi connectivity index (χ1v) is 7.36. The molecule has 0 bridgehead atoms. The van der Waals surface area contributed by atoms with Gasteiger partial charge in [0.15, 0.2) is 0 Å². The predicted molar refractivity (Wildman–Crippen MR) is 81.4 cm³/mol. The normalized spacial score (nSPS) is 15.0. The van der Waals surface area contributed by atoms with Crippen LogP contribution in [0.5, 0.6) is 0 Å². The van der Waals surface area contributed by atoms with Gasteiger partial charge in [0.05, 0.1) is 12.6 Å². The quantitative estimate of drug-likeness (QED) is 0.843. The molecule has 1 unspecified atom stereocenters. The van der Waals surface area contributed by atoms with Crippen molar-refractivity contribution in [2.45, 2.75) is 38.6 Å². The third-order valence-electron chi connectivity index (χ3n) is 3.60. The molecule has 1 heterocycles. The Hall–Kier alpha value is -1.88. The minimum Gasteiger partial charge on any atom is -0.383 e. The van der Waals surface area contributed by atoms with Crippen molar-refractivity contribution in [2.75, 3.05) is 19.0 Å². The number of hydrogen-bond donors (Lipinski definition) is 2. The Morgan fingerprint density at radius 2 is 2.24 bits per heavy atom. The van der Waals surface area contributed by atoms with Crippen molar-refractivity contribution in [1.82, 2.24) is 5.32 Å². The monoisotopic (exact) mass is 290 g/mol. The number of nitrogens with one attached hydrogen (secondary N) is 2. The van der Waals surface area contributed by atoms with Crippen LogP contribution in [0.1, 0.15) is 42.1 Å². The zero-order chi connectivity index (χ0) is 15.2. The molecule has 21 heavy (non-hydrogen) atoms. The van der Waals surface area contributed by atoms with E-state index in [2.05, 4.69) is 17.6 Å². The lowest BCUT2D eigenvalue weighted by Crippen LogP contribution is -2.38. The molecule has 1 aliphatic rings. The van der Waals surface area contributed by atoms with Crippen LogP contribution < -0.4 is 10.6 Å². The maximum absolute atomic E-state index is 12.3. The van der Waals surface area contributed by atoms with Crippen LogP contribution in [0, 0.1) is 0 Å². The number of rotatable bonds is 6. The van der Waals surface area contributed by atoms with Crippen LogP contribution in [0.25, 0.3) is 0 Å². The standard InChI is InChI=1S/C16H22N2O3/c1-3-4-13(10-21-2)17-16(20)12-5-7-14-11(9-12)6-8-15(19)18-14/h5,7,9,13H,3-4,6,8,10H2,1-2H3,(H,17,20)(H,18,19). The molecule has 0 aromatic heterocycles. The average Bonchev–Trinajstić information content (AvgIpc) is 2.47. The number of carbonyl (C=O) groups excluding carboxylic acids is 2. The van der Waals surface area contributed by atoms with E-state index in [0.29, 0.717) is 25.0 Å². The minimum atomic E-state index is -0.0924. The van der Waals surface area contributed by atoms with E-state index in [1.807, 2.05) is 6.07 Å². The van der Waals surface area contributed by atoms with Crippen molar-refractivity contribution >= 4 is 17.5 Å². The second-order valence-corrected chi connectivity index (χ2v) is 5.33. The molecule has 5 heteroatoms. The van der Waals surface area contributed by atoms with Crippen molar-refractivity contribution in [2.24, 2.45) is 0 Å². The van der Waals surface area contributed by atoms with Crippen LogP contribution >= 0.6 is 0 Å². The summed E-state index contributed by atoms with van der Waals surface area (Å²) in [5.74, 6) is -0.0620. The van der Waals surface area contributed by atoms with Gasteiger partial charge in [0.2, 0.25) is 5.91 Å². The van der Waals surface area contributed by atoms with E-state index in [-0.39, 0.29) is 17.9 Å². The van der Waals surface area contributed by atoms with Gasteiger partial charge in [-0.05, 0) is 36.6 Å². The van der Waals surface area contributed by atoms with Crippen LogP contribution in [-0.2, 0) is 16.0 Å². The van der Waals surface area contributed by atoms with Gasteiger partial charge in [0.25, 0.3) is 5.91 Å². The molecule has 0 aliphatic carbocycles. The molecule has 114 valence electrons. The summed E-state index contributed by atoms with van der Waals surface area (Å²) in [6, 6.07) is 5.44. The van der Waals surface area contributed by atoms with E-state index in [1.165, 1.54) is 0 Å². The molecule has 2 rings (SSSR count). The maximum Gasteiger partial charge on any atom is 0.251 e. The Bertz CT molecular complexity index is 522. The SMILES string of the molecule is CCCC(COC)NC(=O)c1ccc2c(c1)CCC(=O)N2. The highest BCUT2D eigenvalue weighted by Crippen LogP contribution is 2.23. The Kier molecular flexibility index (Phi) is 5.33. The zero-order valence-electron chi connectivity index (χ0n) is 12.6. The highest BCUT2D eigenvalue weighted by atomic mass is 16.5. The van der Waals surface area contributed by atoms with Crippen LogP contribution in [0.2, 0.25) is 0 Å². The van der Waals surface area contributed by atoms with E-state index in [1.54, 1.807) is 19.2 Å². The van der Waals surface area contributed by atoms with Crippen LogP contribution in [0.3, 0.4) is 0 Å². The summed E-state index contributed by atoms with van der Waals surface area (Å²) < 4.78 is 5.13. The van der Waals surface area contributed by atoms with Gasteiger partial charge >= 0.3 is 0 Å². The molecule has 1 aromatic rings. The second-order valence-electron chi connectivity index (χ2n) is 5.33. The van der Waals surface area contributed by atoms with Crippen molar-refractivity contribution in [3.8, 4) is 0 Å². The maximum atomic E-state index is 12.3. The molecule has 0 fully saturated rings. The largest absolute Gasteiger partial charge is 0.383 e. The summed E-state index contributed by atoms with van der Waals surface area (Å²) in [6.07, 6.45) is 3.03. The number of anilines is 1. The smallest absolute Gasteiger partial charge is 0.251 e. The number of carbonyl (C=O) groups is 2. The molecular weight excluding hydrogens is 268 g/mol. The van der Waals surface area contributed by atoms with Gasteiger partial charge in [-0.25, -0.2) is 0 Å². The number of amides is 2. The Balaban J connectivity index is 2.07. The molecule has 5 nitrogen and oxygen atoms in total. The van der Waals surface area contributed by atoms with Gasteiger partial charge < -0.3 is 15.4 Å². The summed E-state index contributed by atoms with van der Waals surface area (Å²) in [6.45, 7) is 2.59. The number of methoxy groups -OCH3 is 1. The highest BCUT2D eigenvalue weighted by Gasteiger charge is 2.18. The third-order valence-corrected chi connectivity index (χ3v) is 3.60. The molecule has 0 saturated carbocycles. The Morgan fingerprint density at radius 3 is 2.95 bits per heavy atom. The van der Waals surface area contributed by atoms with Crippen molar-refractivity contribution in [3.05, 3.63) is 29.3 Å². The first-order valence-electron chi connectivity index (χ1n) is 7.36. The van der Waals surface area contributed by atoms with Crippen molar-refractivity contribution < 1.29 is 14.3 Å². The van der Waals surface area contributed by atoms with E-state index in [4.69, 9.17) is 4.74 Å². The summed E-state index contributed by atoms with van der Waals surface area (Å²) in [4.78, 5) is 23.6. The molecule has 1 aromatic carbocycles. The lowest BCUT2D eigenvalue weighted by molar-refractivity contribution is -0.116. The van der Waals surface area contributed by atoms with Crippen molar-refractivity contribution in [3.63, 3.8) is 0 Å². The van der Waals surface area contributed by atoms with Gasteiger partial charge in [-0.1, -0.05) is 13.3 Å². The molecule has 2 N–H and O–H groups in total. The van der Waals surface area contributed by atoms with E-state index >= 15 is 0 Å². The number of fused-ring (bicyclic) bond motifs is 1. The molecule has 0 spiro atoms. The first kappa shape index (κ1) is 15.5. The van der Waals surface area contributed by atoms with E-state index < -0.39 is 0 Å². The van der Waals surface area contributed by atoms with Gasteiger partial charge in [-0.3, -0.25) is 9.59 Å². The fourth-order valence-electron chi connectivity index (χ4n) is 2.54. The summed E-state index contributed by atoms with van der Waals surface area (Å²) in [7, 11) is 1.64. The Morgan fingerprint density at radius 1 is 1.43 bits per heavy atom. The number of benzene rings is 1. The molecule has 0 radical (unpaired) electrons. The van der Waals surface area contributed by atoms with Gasteiger partial charge in [0, 0.05) is 24.8 Å². The predicted octanol–water partition coefficient (Wildman–Crippen LogP) is 2.12. The van der Waals surface area contributed by atoms with E-state index in [0.717, 1.165) is 24.1 Å². The zero-order valence-corrected chi connectivity index (χ0v) is 12.6. The average molecular weight is 290 g/mol. The number of aryl methyl sites for hydroxylation is 1. The second kappa shape index (κ2) is 7.22. The van der Waals surface area contributed by atoms with Crippen LogP contribution in [0.15, 0.2) is 18.2 Å². The molecule has 1 atom stereocenters. The van der Waals surface area contributed by atoms with Crippen molar-refractivity contribution in [1.29, 1.82) is 0 Å². The minimum absolute atomic E-state index is 0.0304. The van der Waals surface area contributed by atoms with Gasteiger partial charge in [-0.15, -0.1) is 0 Å².